The second-order valence-corrected chi connectivity index (χ2v) is 5.58. The van der Waals surface area contributed by atoms with E-state index in [9.17, 15) is 0 Å². The number of methoxy groups -OCH3 is 1. The number of hydrogen-bond acceptors (Lipinski definition) is 2. The standard InChI is InChI=1S/C18H22ClNO/c1-4-17(16-7-5-6-8-18(16)21-3)20-13(2)14-9-11-15(19)12-10-14/h5-13,17,20H,4H2,1-3H3. The molecule has 0 saturated heterocycles. The molecular weight excluding hydrogens is 282 g/mol. The minimum atomic E-state index is 0.247. The average molecular weight is 304 g/mol. The molecule has 0 amide bonds. The highest BCUT2D eigenvalue weighted by Crippen LogP contribution is 2.29. The van der Waals surface area contributed by atoms with Crippen LogP contribution in [0.25, 0.3) is 0 Å². The van der Waals surface area contributed by atoms with Crippen LogP contribution in [-0.2, 0) is 0 Å². The van der Waals surface area contributed by atoms with Crippen LogP contribution in [0.15, 0.2) is 48.5 Å². The van der Waals surface area contributed by atoms with Gasteiger partial charge in [0, 0.05) is 22.7 Å². The van der Waals surface area contributed by atoms with Crippen molar-refractivity contribution in [2.75, 3.05) is 7.11 Å². The first-order valence-electron chi connectivity index (χ1n) is 7.30. The summed E-state index contributed by atoms with van der Waals surface area (Å²) in [6.07, 6.45) is 0.998. The Hall–Kier alpha value is -1.51. The number of halogens is 1. The van der Waals surface area contributed by atoms with E-state index in [-0.39, 0.29) is 12.1 Å². The van der Waals surface area contributed by atoms with Crippen molar-refractivity contribution in [1.82, 2.24) is 5.32 Å². The highest BCUT2D eigenvalue weighted by Gasteiger charge is 2.17. The summed E-state index contributed by atoms with van der Waals surface area (Å²) in [5.41, 5.74) is 2.43. The van der Waals surface area contributed by atoms with Crippen LogP contribution < -0.4 is 10.1 Å². The molecule has 0 aromatic heterocycles. The number of rotatable bonds is 6. The molecule has 0 heterocycles. The summed E-state index contributed by atoms with van der Waals surface area (Å²) in [6, 6.07) is 16.7. The molecule has 2 unspecified atom stereocenters. The maximum Gasteiger partial charge on any atom is 0.123 e. The van der Waals surface area contributed by atoms with Crippen molar-refractivity contribution < 1.29 is 4.74 Å². The number of hydrogen-bond donors (Lipinski definition) is 1. The molecule has 1 N–H and O–H groups in total. The summed E-state index contributed by atoms with van der Waals surface area (Å²) in [5.74, 6) is 0.931. The summed E-state index contributed by atoms with van der Waals surface area (Å²) in [6.45, 7) is 4.35. The summed E-state index contributed by atoms with van der Waals surface area (Å²) in [7, 11) is 1.72. The van der Waals surface area contributed by atoms with Gasteiger partial charge in [-0.1, -0.05) is 48.9 Å². The number of ether oxygens (including phenoxy) is 1. The van der Waals surface area contributed by atoms with Crippen LogP contribution in [0.5, 0.6) is 5.75 Å². The van der Waals surface area contributed by atoms with Crippen LogP contribution in [0, 0.1) is 0 Å². The van der Waals surface area contributed by atoms with Gasteiger partial charge in [-0.25, -0.2) is 0 Å². The van der Waals surface area contributed by atoms with Gasteiger partial charge in [0.15, 0.2) is 0 Å². The third-order valence-electron chi connectivity index (χ3n) is 3.74. The van der Waals surface area contributed by atoms with Gasteiger partial charge in [-0.05, 0) is 37.1 Å². The van der Waals surface area contributed by atoms with E-state index in [1.165, 1.54) is 11.1 Å². The third-order valence-corrected chi connectivity index (χ3v) is 4.00. The maximum absolute atomic E-state index is 5.95. The van der Waals surface area contributed by atoms with Crippen molar-refractivity contribution in [3.63, 3.8) is 0 Å². The minimum absolute atomic E-state index is 0.247. The van der Waals surface area contributed by atoms with Crippen LogP contribution >= 0.6 is 11.6 Å². The lowest BCUT2D eigenvalue weighted by Gasteiger charge is -2.24. The highest BCUT2D eigenvalue weighted by molar-refractivity contribution is 6.30. The zero-order valence-electron chi connectivity index (χ0n) is 12.8. The molecule has 112 valence electrons. The monoisotopic (exact) mass is 303 g/mol. The van der Waals surface area contributed by atoms with Crippen molar-refractivity contribution >= 4 is 11.6 Å². The van der Waals surface area contributed by atoms with Gasteiger partial charge in [0.25, 0.3) is 0 Å². The first-order valence-corrected chi connectivity index (χ1v) is 7.68. The number of para-hydroxylation sites is 1. The van der Waals surface area contributed by atoms with Gasteiger partial charge in [-0.3, -0.25) is 0 Å². The molecule has 2 atom stereocenters. The molecule has 0 aliphatic carbocycles. The molecule has 0 bridgehead atoms. The number of nitrogens with one attached hydrogen (secondary N) is 1. The van der Waals surface area contributed by atoms with Crippen molar-refractivity contribution in [2.45, 2.75) is 32.4 Å². The molecule has 0 aliphatic heterocycles. The molecule has 0 saturated carbocycles. The molecular formula is C18H22ClNO. The SMILES string of the molecule is CCC(NC(C)c1ccc(Cl)cc1)c1ccccc1OC. The van der Waals surface area contributed by atoms with Gasteiger partial charge in [-0.15, -0.1) is 0 Å². The first-order chi connectivity index (χ1) is 10.2. The molecule has 2 nitrogen and oxygen atoms in total. The maximum atomic E-state index is 5.95. The van der Waals surface area contributed by atoms with Gasteiger partial charge < -0.3 is 10.1 Å². The fourth-order valence-corrected chi connectivity index (χ4v) is 2.66. The first kappa shape index (κ1) is 15.9. The Morgan fingerprint density at radius 2 is 1.76 bits per heavy atom. The van der Waals surface area contributed by atoms with Gasteiger partial charge in [0.2, 0.25) is 0 Å². The Morgan fingerprint density at radius 1 is 1.10 bits per heavy atom. The molecule has 0 fully saturated rings. The van der Waals surface area contributed by atoms with Gasteiger partial charge >= 0.3 is 0 Å². The topological polar surface area (TPSA) is 21.3 Å². The zero-order chi connectivity index (χ0) is 15.2. The lowest BCUT2D eigenvalue weighted by atomic mass is 10.0. The van der Waals surface area contributed by atoms with Gasteiger partial charge in [-0.2, -0.15) is 0 Å². The fraction of sp³-hybridized carbons (Fsp3) is 0.333. The van der Waals surface area contributed by atoms with Crippen LogP contribution in [0.2, 0.25) is 5.02 Å². The number of benzene rings is 2. The third kappa shape index (κ3) is 3.99. The predicted octanol–water partition coefficient (Wildman–Crippen LogP) is 5.15. The van der Waals surface area contributed by atoms with E-state index < -0.39 is 0 Å². The second kappa shape index (κ2) is 7.48. The van der Waals surface area contributed by atoms with E-state index in [2.05, 4.69) is 43.4 Å². The zero-order valence-corrected chi connectivity index (χ0v) is 13.5. The van der Waals surface area contributed by atoms with Crippen LogP contribution in [0.1, 0.15) is 43.5 Å². The van der Waals surface area contributed by atoms with Crippen molar-refractivity contribution in [1.29, 1.82) is 0 Å². The molecule has 2 aromatic carbocycles. The van der Waals surface area contributed by atoms with Gasteiger partial charge in [0.1, 0.15) is 5.75 Å². The molecule has 2 aromatic rings. The molecule has 3 heteroatoms. The molecule has 21 heavy (non-hydrogen) atoms. The van der Waals surface area contributed by atoms with Crippen LogP contribution in [0.4, 0.5) is 0 Å². The quantitative estimate of drug-likeness (QED) is 0.796. The summed E-state index contributed by atoms with van der Waals surface area (Å²) in [5, 5.41) is 4.44. The van der Waals surface area contributed by atoms with Crippen molar-refractivity contribution in [3.05, 3.63) is 64.7 Å². The summed E-state index contributed by atoms with van der Waals surface area (Å²) in [4.78, 5) is 0. The Balaban J connectivity index is 2.16. The van der Waals surface area contributed by atoms with Crippen molar-refractivity contribution in [2.24, 2.45) is 0 Å². The van der Waals surface area contributed by atoms with Crippen LogP contribution in [0.3, 0.4) is 0 Å². The Labute approximate surface area is 132 Å². The Bertz CT molecular complexity index is 568. The lowest BCUT2D eigenvalue weighted by molar-refractivity contribution is 0.388. The highest BCUT2D eigenvalue weighted by atomic mass is 35.5. The molecule has 0 spiro atoms. The van der Waals surface area contributed by atoms with E-state index in [0.717, 1.165) is 17.2 Å². The normalized spacial score (nSPS) is 13.7. The van der Waals surface area contributed by atoms with E-state index in [0.29, 0.717) is 0 Å². The van der Waals surface area contributed by atoms with Gasteiger partial charge in [0.05, 0.1) is 7.11 Å². The Kier molecular flexibility index (Phi) is 5.66. The molecule has 2 rings (SSSR count). The van der Waals surface area contributed by atoms with Crippen LogP contribution in [-0.4, -0.2) is 7.11 Å². The molecule has 0 aliphatic rings. The average Bonchev–Trinajstić information content (AvgIpc) is 2.53. The lowest BCUT2D eigenvalue weighted by Crippen LogP contribution is -2.24. The Morgan fingerprint density at radius 3 is 2.38 bits per heavy atom. The minimum Gasteiger partial charge on any atom is -0.496 e. The van der Waals surface area contributed by atoms with E-state index in [1.54, 1.807) is 7.11 Å². The second-order valence-electron chi connectivity index (χ2n) is 5.14. The summed E-state index contributed by atoms with van der Waals surface area (Å²) < 4.78 is 5.47. The fourth-order valence-electron chi connectivity index (χ4n) is 2.53. The smallest absolute Gasteiger partial charge is 0.123 e. The van der Waals surface area contributed by atoms with E-state index in [1.807, 2.05) is 24.3 Å². The predicted molar refractivity (Wildman–Crippen MR) is 89.0 cm³/mol. The van der Waals surface area contributed by atoms with E-state index >= 15 is 0 Å². The largest absolute Gasteiger partial charge is 0.496 e. The molecule has 0 radical (unpaired) electrons. The van der Waals surface area contributed by atoms with E-state index in [4.69, 9.17) is 16.3 Å². The van der Waals surface area contributed by atoms with Crippen molar-refractivity contribution in [3.8, 4) is 5.75 Å². The summed E-state index contributed by atoms with van der Waals surface area (Å²) >= 11 is 5.95.